The first-order chi connectivity index (χ1) is 10.9. The smallest absolute Gasteiger partial charge is 0.206 e. The highest BCUT2D eigenvalue weighted by Crippen LogP contribution is 2.35. The number of nitrogens with zero attached hydrogens (tertiary/aromatic N) is 1. The van der Waals surface area contributed by atoms with Gasteiger partial charge in [-0.3, -0.25) is 0 Å². The molecule has 3 heteroatoms. The van der Waals surface area contributed by atoms with Gasteiger partial charge in [0.2, 0.25) is 5.36 Å². The third-order valence-electron chi connectivity index (χ3n) is 4.57. The Labute approximate surface area is 137 Å². The second-order valence-electron chi connectivity index (χ2n) is 6.40. The number of hydrogen-bond acceptors (Lipinski definition) is 2. The molecule has 1 aliphatic carbocycles. The summed E-state index contributed by atoms with van der Waals surface area (Å²) in [6, 6.07) is 8.69. The molecule has 1 heterocycles. The quantitative estimate of drug-likeness (QED) is 0.574. The fourth-order valence-electron chi connectivity index (χ4n) is 3.29. The normalized spacial score (nSPS) is 11.2. The van der Waals surface area contributed by atoms with Crippen LogP contribution in [-0.2, 0) is 0 Å². The lowest BCUT2D eigenvalue weighted by molar-refractivity contribution is 0.610. The fourth-order valence-corrected chi connectivity index (χ4v) is 3.29. The van der Waals surface area contributed by atoms with Crippen LogP contribution in [0.4, 0.5) is 5.69 Å². The van der Waals surface area contributed by atoms with E-state index in [0.29, 0.717) is 0 Å². The van der Waals surface area contributed by atoms with Gasteiger partial charge in [0, 0.05) is 35.3 Å². The summed E-state index contributed by atoms with van der Waals surface area (Å²) in [5, 5.41) is 5.79. The van der Waals surface area contributed by atoms with Crippen molar-refractivity contribution in [3.05, 3.63) is 46.3 Å². The average Bonchev–Trinajstić information content (AvgIpc) is 2.50. The van der Waals surface area contributed by atoms with E-state index < -0.39 is 0 Å². The number of fused-ring (bicyclic) bond motifs is 2. The molecular formula is C20H25N2O+. The van der Waals surface area contributed by atoms with Gasteiger partial charge in [0.05, 0.1) is 5.56 Å². The van der Waals surface area contributed by atoms with E-state index in [1.807, 2.05) is 0 Å². The number of nitrogens with one attached hydrogen (secondary N) is 1. The number of aryl methyl sites for hydroxylation is 2. The van der Waals surface area contributed by atoms with Gasteiger partial charge in [-0.2, -0.15) is 0 Å². The molecule has 0 bridgehead atoms. The lowest BCUT2D eigenvalue weighted by atomic mass is 9.96. The summed E-state index contributed by atoms with van der Waals surface area (Å²) in [6.45, 7) is 9.47. The molecule has 23 heavy (non-hydrogen) atoms. The summed E-state index contributed by atoms with van der Waals surface area (Å²) in [5.41, 5.74) is 6.98. The Hall–Kier alpha value is -2.29. The molecule has 0 saturated carbocycles. The maximum absolute atomic E-state index is 6.32. The monoisotopic (exact) mass is 309 g/mol. The second-order valence-corrected chi connectivity index (χ2v) is 6.40. The largest absolute Gasteiger partial charge is 0.455 e. The van der Waals surface area contributed by atoms with E-state index in [2.05, 4.69) is 75.9 Å². The summed E-state index contributed by atoms with van der Waals surface area (Å²) >= 11 is 0. The van der Waals surface area contributed by atoms with Gasteiger partial charge >= 0.3 is 0 Å². The van der Waals surface area contributed by atoms with Gasteiger partial charge in [-0.1, -0.05) is 0 Å². The first-order valence-corrected chi connectivity index (χ1v) is 8.15. The molecule has 0 spiro atoms. The third-order valence-corrected chi connectivity index (χ3v) is 4.57. The van der Waals surface area contributed by atoms with Gasteiger partial charge in [-0.15, -0.1) is 0 Å². The molecule has 120 valence electrons. The summed E-state index contributed by atoms with van der Waals surface area (Å²) in [4.78, 5) is 0. The van der Waals surface area contributed by atoms with Crippen LogP contribution < -0.4 is 15.2 Å². The molecule has 0 saturated heterocycles. The van der Waals surface area contributed by atoms with E-state index in [4.69, 9.17) is 4.42 Å². The van der Waals surface area contributed by atoms with E-state index in [1.54, 1.807) is 0 Å². The Kier molecular flexibility index (Phi) is 3.88. The molecule has 0 unspecified atom stereocenters. The van der Waals surface area contributed by atoms with Gasteiger partial charge < -0.3 is 9.73 Å². The predicted molar refractivity (Wildman–Crippen MR) is 98.3 cm³/mol. The van der Waals surface area contributed by atoms with Crippen molar-refractivity contribution in [1.29, 1.82) is 0 Å². The number of hydrogen-bond donors (Lipinski definition) is 1. The van der Waals surface area contributed by atoms with Crippen LogP contribution >= 0.6 is 0 Å². The van der Waals surface area contributed by atoms with Crippen molar-refractivity contribution in [1.82, 2.24) is 4.58 Å². The molecule has 1 aliphatic heterocycles. The van der Waals surface area contributed by atoms with E-state index >= 15 is 0 Å². The number of anilines is 1. The lowest BCUT2D eigenvalue weighted by Crippen LogP contribution is -2.24. The Morgan fingerprint density at radius 1 is 1.04 bits per heavy atom. The van der Waals surface area contributed by atoms with Gasteiger partial charge in [0.1, 0.15) is 25.4 Å². The van der Waals surface area contributed by atoms with Crippen molar-refractivity contribution >= 4 is 16.7 Å². The first-order valence-electron chi connectivity index (χ1n) is 8.15. The van der Waals surface area contributed by atoms with Crippen LogP contribution in [0.2, 0.25) is 0 Å². The molecule has 1 aromatic rings. The predicted octanol–water partition coefficient (Wildman–Crippen LogP) is 3.93. The van der Waals surface area contributed by atoms with Crippen LogP contribution in [0.15, 0.2) is 28.7 Å². The molecule has 1 N–H and O–H groups in total. The number of benzene rings is 2. The van der Waals surface area contributed by atoms with E-state index in [1.165, 1.54) is 33.0 Å². The van der Waals surface area contributed by atoms with Crippen molar-refractivity contribution < 1.29 is 4.42 Å². The third kappa shape index (κ3) is 2.50. The number of rotatable bonds is 2. The molecule has 0 amide bonds. The molecule has 3 rings (SSSR count). The molecule has 2 aliphatic rings. The molecule has 3 nitrogen and oxygen atoms in total. The highest BCUT2D eigenvalue weighted by molar-refractivity contribution is 5.91. The zero-order valence-corrected chi connectivity index (χ0v) is 14.9. The van der Waals surface area contributed by atoms with E-state index in [-0.39, 0.29) is 0 Å². The SMILES string of the molecule is CCNc1cc2oc3c(C)c(=[N+](C)C)ccc-3c(C)c2cc1C. The molecular weight excluding hydrogens is 284 g/mol. The summed E-state index contributed by atoms with van der Waals surface area (Å²) < 4.78 is 8.45. The molecule has 0 fully saturated rings. The highest BCUT2D eigenvalue weighted by Gasteiger charge is 2.18. The highest BCUT2D eigenvalue weighted by atomic mass is 16.3. The van der Waals surface area contributed by atoms with Gasteiger partial charge in [0.25, 0.3) is 0 Å². The van der Waals surface area contributed by atoms with Crippen molar-refractivity contribution in [2.45, 2.75) is 27.7 Å². The van der Waals surface area contributed by atoms with Crippen LogP contribution in [0.5, 0.6) is 0 Å². The summed E-state index contributed by atoms with van der Waals surface area (Å²) in [6.07, 6.45) is 0. The van der Waals surface area contributed by atoms with Crippen molar-refractivity contribution in [2.24, 2.45) is 0 Å². The van der Waals surface area contributed by atoms with Crippen molar-refractivity contribution in [3.63, 3.8) is 0 Å². The van der Waals surface area contributed by atoms with Gasteiger partial charge in [-0.05, 0) is 51.0 Å². The van der Waals surface area contributed by atoms with Crippen LogP contribution in [-0.4, -0.2) is 20.6 Å². The Morgan fingerprint density at radius 3 is 2.43 bits per heavy atom. The maximum Gasteiger partial charge on any atom is 0.206 e. The zero-order chi connectivity index (χ0) is 16.7. The maximum atomic E-state index is 6.32. The molecule has 0 atom stereocenters. The van der Waals surface area contributed by atoms with Crippen LogP contribution in [0, 0.1) is 20.8 Å². The molecule has 0 aromatic heterocycles. The summed E-state index contributed by atoms with van der Waals surface area (Å²) in [5.74, 6) is 0.979. The van der Waals surface area contributed by atoms with Gasteiger partial charge in [-0.25, -0.2) is 4.58 Å². The van der Waals surface area contributed by atoms with Crippen LogP contribution in [0.3, 0.4) is 0 Å². The fraction of sp³-hybridized carbons (Fsp3) is 0.350. The molecule has 0 radical (unpaired) electrons. The van der Waals surface area contributed by atoms with Crippen molar-refractivity contribution in [3.8, 4) is 11.3 Å². The minimum absolute atomic E-state index is 0.905. The molecule has 1 aromatic carbocycles. The van der Waals surface area contributed by atoms with Crippen LogP contribution in [0.1, 0.15) is 23.6 Å². The minimum Gasteiger partial charge on any atom is -0.455 e. The zero-order valence-electron chi connectivity index (χ0n) is 14.9. The van der Waals surface area contributed by atoms with Crippen molar-refractivity contribution in [2.75, 3.05) is 26.0 Å². The Balaban J connectivity index is 2.44. The Morgan fingerprint density at radius 2 is 1.78 bits per heavy atom. The second kappa shape index (κ2) is 5.73. The van der Waals surface area contributed by atoms with Crippen LogP contribution in [0.25, 0.3) is 22.3 Å². The lowest BCUT2D eigenvalue weighted by Gasteiger charge is -2.16. The Bertz CT molecular complexity index is 931. The van der Waals surface area contributed by atoms with E-state index in [9.17, 15) is 0 Å². The summed E-state index contributed by atoms with van der Waals surface area (Å²) in [7, 11) is 4.13. The van der Waals surface area contributed by atoms with Gasteiger partial charge in [0.15, 0.2) is 0 Å². The topological polar surface area (TPSA) is 28.2 Å². The standard InChI is InChI=1S/C20H24N2O/c1-7-21-17-11-19-16(10-12(17)2)13(3)15-8-9-18(22(5)6)14(4)20(15)23-19/h8-11H,7H2,1-6H3/p+1. The first kappa shape index (κ1) is 15.6. The van der Waals surface area contributed by atoms with E-state index in [0.717, 1.165) is 23.6 Å². The average molecular weight is 309 g/mol. The minimum atomic E-state index is 0.905.